The third-order valence-electron chi connectivity index (χ3n) is 1.85. The van der Waals surface area contributed by atoms with Crippen LogP contribution in [-0.2, 0) is 9.59 Å². The molecule has 0 saturated carbocycles. The number of hydrogen-bond donors (Lipinski definition) is 1. The number of rotatable bonds is 0. The van der Waals surface area contributed by atoms with Gasteiger partial charge in [0, 0.05) is 0 Å². The minimum Gasteiger partial charge on any atom is -1.00 e. The van der Waals surface area contributed by atoms with E-state index in [1.165, 1.54) is 0 Å². The number of carbonyl (C=O) groups is 2. The van der Waals surface area contributed by atoms with Gasteiger partial charge in [0.1, 0.15) is 0 Å². The van der Waals surface area contributed by atoms with Crippen LogP contribution in [0.3, 0.4) is 0 Å². The predicted octanol–water partition coefficient (Wildman–Crippen LogP) is -1.88. The van der Waals surface area contributed by atoms with Crippen LogP contribution in [0.25, 0.3) is 0 Å². The number of hydrogen-bond acceptors (Lipinski definition) is 2. The largest absolute Gasteiger partial charge is 1.00 e. The first kappa shape index (κ1) is 15.3. The maximum absolute atomic E-state index is 12.1. The Hall–Kier alpha value is -0.683. The molecule has 1 fully saturated rings. The zero-order valence-corrected chi connectivity index (χ0v) is 7.74. The second kappa shape index (κ2) is 4.29. The average Bonchev–Trinajstić information content (AvgIpc) is 2.22. The van der Waals surface area contributed by atoms with Gasteiger partial charge in [0.2, 0.25) is 11.8 Å². The summed E-state index contributed by atoms with van der Waals surface area (Å²) in [7, 11) is 0. The number of carbonyl (C=O) groups excluding carboxylic acids is 2. The first-order chi connectivity index (χ1) is 6.55. The molecule has 1 aliphatic rings. The van der Waals surface area contributed by atoms with Crippen molar-refractivity contribution in [3.8, 4) is 0 Å². The van der Waals surface area contributed by atoms with Gasteiger partial charge in [-0.15, -0.1) is 0 Å². The quantitative estimate of drug-likeness (QED) is 0.307. The molecule has 0 spiro atoms. The summed E-state index contributed by atoms with van der Waals surface area (Å²) in [6, 6.07) is 0. The van der Waals surface area contributed by atoms with Gasteiger partial charge in [-0.1, -0.05) is 0 Å². The van der Waals surface area contributed by atoms with E-state index in [9.17, 15) is 35.9 Å². The maximum atomic E-state index is 12.1. The van der Waals surface area contributed by atoms with Crippen LogP contribution in [0.15, 0.2) is 0 Å². The first-order valence-corrected chi connectivity index (χ1v) is 3.53. The van der Waals surface area contributed by atoms with E-state index in [2.05, 4.69) is 0 Å². The summed E-state index contributed by atoms with van der Waals surface area (Å²) >= 11 is 0. The zero-order valence-electron chi connectivity index (χ0n) is 8.74. The summed E-state index contributed by atoms with van der Waals surface area (Å²) in [5.74, 6) is -10.6. The zero-order chi connectivity index (χ0) is 12.0. The molecule has 0 radical (unpaired) electrons. The van der Waals surface area contributed by atoms with Gasteiger partial charge >= 0.3 is 31.2 Å². The smallest absolute Gasteiger partial charge is 1.00 e. The Labute approximate surface area is 98.2 Å². The van der Waals surface area contributed by atoms with Crippen LogP contribution < -0.4 is 24.2 Å². The van der Waals surface area contributed by atoms with Crippen LogP contribution in [0.5, 0.6) is 0 Å². The van der Waals surface area contributed by atoms with Crippen molar-refractivity contribution < 1.29 is 56.2 Å². The minimum atomic E-state index is -5.39. The average molecular weight is 243 g/mol. The van der Waals surface area contributed by atoms with Crippen LogP contribution in [0.1, 0.15) is 1.43 Å². The molecule has 0 aromatic heterocycles. The van der Waals surface area contributed by atoms with E-state index < -0.39 is 36.0 Å². The van der Waals surface area contributed by atoms with Crippen molar-refractivity contribution in [2.75, 3.05) is 0 Å². The van der Waals surface area contributed by atoms with Crippen LogP contribution in [0, 0.1) is 11.8 Å². The van der Waals surface area contributed by atoms with Crippen molar-refractivity contribution in [1.82, 2.24) is 5.32 Å². The third kappa shape index (κ3) is 2.71. The number of amides is 2. The summed E-state index contributed by atoms with van der Waals surface area (Å²) in [6.07, 6.45) is -10.8. The molecule has 1 aliphatic heterocycles. The fourth-order valence-corrected chi connectivity index (χ4v) is 1.25. The predicted molar refractivity (Wildman–Crippen MR) is 33.4 cm³/mol. The molecule has 0 bridgehead atoms. The molecular formula is C6H4F6LiNO2. The Morgan fingerprint density at radius 2 is 1.12 bits per heavy atom. The normalized spacial score (nSPS) is 26.4. The topological polar surface area (TPSA) is 46.2 Å². The monoisotopic (exact) mass is 243 g/mol. The SMILES string of the molecule is O=C1NC(=O)C(C(F)(F)F)C1C(F)(F)F.[H-].[Li+]. The molecule has 1 rings (SSSR count). The van der Waals surface area contributed by atoms with Gasteiger partial charge in [0.15, 0.2) is 11.8 Å². The van der Waals surface area contributed by atoms with Crippen LogP contribution in [0.4, 0.5) is 26.3 Å². The summed E-state index contributed by atoms with van der Waals surface area (Å²) in [6.45, 7) is 0. The Balaban J connectivity index is 0. The third-order valence-corrected chi connectivity index (χ3v) is 1.85. The standard InChI is InChI=1S/C6H3F6NO2.Li.H/c7-5(8,9)1-2(6(10,11)12)4(15)13-3(1)14;;/h1-2H,(H,13,14,15);;/q;+1;-1. The number of halogens is 6. The molecule has 3 nitrogen and oxygen atoms in total. The Morgan fingerprint density at radius 3 is 1.31 bits per heavy atom. The molecular weight excluding hydrogens is 239 g/mol. The minimum absolute atomic E-state index is 0. The van der Waals surface area contributed by atoms with Crippen molar-refractivity contribution in [3.63, 3.8) is 0 Å². The van der Waals surface area contributed by atoms with Gasteiger partial charge in [-0.3, -0.25) is 14.9 Å². The molecule has 88 valence electrons. The van der Waals surface area contributed by atoms with E-state index in [0.29, 0.717) is 0 Å². The number of alkyl halides is 6. The van der Waals surface area contributed by atoms with Gasteiger partial charge in [0.05, 0.1) is 0 Å². The van der Waals surface area contributed by atoms with Crippen LogP contribution in [0.2, 0.25) is 0 Å². The Bertz CT molecular complexity index is 287. The van der Waals surface area contributed by atoms with E-state index in [1.54, 1.807) is 0 Å². The van der Waals surface area contributed by atoms with Gasteiger partial charge in [-0.2, -0.15) is 26.3 Å². The van der Waals surface area contributed by atoms with Crippen molar-refractivity contribution in [2.24, 2.45) is 11.8 Å². The molecule has 1 heterocycles. The Kier molecular flexibility index (Phi) is 4.11. The summed E-state index contributed by atoms with van der Waals surface area (Å²) in [5.41, 5.74) is 0. The maximum Gasteiger partial charge on any atom is 1.00 e. The van der Waals surface area contributed by atoms with Crippen LogP contribution in [-0.4, -0.2) is 24.2 Å². The molecule has 1 saturated heterocycles. The van der Waals surface area contributed by atoms with E-state index in [4.69, 9.17) is 0 Å². The van der Waals surface area contributed by atoms with Gasteiger partial charge in [-0.25, -0.2) is 0 Å². The van der Waals surface area contributed by atoms with Gasteiger partial charge in [0.25, 0.3) is 0 Å². The Morgan fingerprint density at radius 1 is 0.875 bits per heavy atom. The fourth-order valence-electron chi connectivity index (χ4n) is 1.25. The molecule has 2 unspecified atom stereocenters. The molecule has 16 heavy (non-hydrogen) atoms. The van der Waals surface area contributed by atoms with Crippen LogP contribution >= 0.6 is 0 Å². The fraction of sp³-hybridized carbons (Fsp3) is 0.667. The van der Waals surface area contributed by atoms with Crippen molar-refractivity contribution >= 4 is 11.8 Å². The summed E-state index contributed by atoms with van der Waals surface area (Å²) in [4.78, 5) is 21.1. The van der Waals surface area contributed by atoms with Crippen molar-refractivity contribution in [1.29, 1.82) is 0 Å². The van der Waals surface area contributed by atoms with Crippen molar-refractivity contribution in [3.05, 3.63) is 0 Å². The first-order valence-electron chi connectivity index (χ1n) is 3.53. The van der Waals surface area contributed by atoms with E-state index >= 15 is 0 Å². The molecule has 0 aromatic carbocycles. The van der Waals surface area contributed by atoms with E-state index in [1.807, 2.05) is 0 Å². The number of imide groups is 1. The van der Waals surface area contributed by atoms with Gasteiger partial charge < -0.3 is 1.43 Å². The molecule has 0 aromatic rings. The molecule has 1 N–H and O–H groups in total. The molecule has 2 amide bonds. The second-order valence-electron chi connectivity index (χ2n) is 2.89. The summed E-state index contributed by atoms with van der Waals surface area (Å²) < 4.78 is 72.3. The number of nitrogens with one attached hydrogen (secondary N) is 1. The second-order valence-corrected chi connectivity index (χ2v) is 2.89. The van der Waals surface area contributed by atoms with E-state index in [0.717, 1.165) is 5.32 Å². The van der Waals surface area contributed by atoms with E-state index in [-0.39, 0.29) is 20.3 Å². The molecule has 0 aliphatic carbocycles. The molecule has 2 atom stereocenters. The van der Waals surface area contributed by atoms with Gasteiger partial charge in [-0.05, 0) is 0 Å². The summed E-state index contributed by atoms with van der Waals surface area (Å²) in [5, 5.41) is 1.01. The molecule has 10 heteroatoms. The van der Waals surface area contributed by atoms with Crippen molar-refractivity contribution in [2.45, 2.75) is 12.4 Å².